The summed E-state index contributed by atoms with van der Waals surface area (Å²) in [5.41, 5.74) is 1.81. The van der Waals surface area contributed by atoms with Crippen LogP contribution in [0.1, 0.15) is 5.56 Å². The highest BCUT2D eigenvalue weighted by molar-refractivity contribution is 5.81. The first-order valence-corrected chi connectivity index (χ1v) is 3.51. The van der Waals surface area contributed by atoms with E-state index in [1.54, 1.807) is 16.9 Å². The van der Waals surface area contributed by atoms with Gasteiger partial charge in [-0.15, -0.1) is 0 Å². The van der Waals surface area contributed by atoms with E-state index in [1.165, 1.54) is 6.21 Å². The van der Waals surface area contributed by atoms with Gasteiger partial charge in [0.15, 0.2) is 0 Å². The summed E-state index contributed by atoms with van der Waals surface area (Å²) in [6.45, 7) is 0. The number of hydrogen-bond acceptors (Lipinski definition) is 3. The molecule has 0 bridgehead atoms. The van der Waals surface area contributed by atoms with Gasteiger partial charge in [-0.2, -0.15) is 5.10 Å². The number of oxime groups is 1. The smallest absolute Gasteiger partial charge is 0.0750 e. The Morgan fingerprint density at radius 3 is 3.25 bits per heavy atom. The molecule has 12 heavy (non-hydrogen) atoms. The minimum absolute atomic E-state index is 0.830. The maximum Gasteiger partial charge on any atom is 0.0750 e. The molecule has 4 heteroatoms. The SMILES string of the molecule is O/N=C\c1cc2cccnn2c1. The average molecular weight is 161 g/mol. The molecule has 0 aliphatic heterocycles. The molecule has 0 radical (unpaired) electrons. The highest BCUT2D eigenvalue weighted by Gasteiger charge is 1.95. The van der Waals surface area contributed by atoms with E-state index in [9.17, 15) is 0 Å². The van der Waals surface area contributed by atoms with Crippen LogP contribution in [-0.4, -0.2) is 21.0 Å². The van der Waals surface area contributed by atoms with Crippen LogP contribution in [0.25, 0.3) is 5.52 Å². The molecule has 0 aromatic carbocycles. The average Bonchev–Trinajstić information content (AvgIpc) is 2.47. The van der Waals surface area contributed by atoms with E-state index in [0.29, 0.717) is 0 Å². The van der Waals surface area contributed by atoms with Gasteiger partial charge in [-0.05, 0) is 18.2 Å². The Morgan fingerprint density at radius 1 is 1.58 bits per heavy atom. The number of aromatic nitrogens is 2. The van der Waals surface area contributed by atoms with Crippen LogP contribution in [0.5, 0.6) is 0 Å². The summed E-state index contributed by atoms with van der Waals surface area (Å²) in [6, 6.07) is 5.67. The normalized spacial score (nSPS) is 11.3. The Balaban J connectivity index is 2.62. The van der Waals surface area contributed by atoms with Crippen molar-refractivity contribution >= 4 is 11.7 Å². The molecule has 0 aliphatic carbocycles. The largest absolute Gasteiger partial charge is 0.411 e. The molecule has 0 unspecified atom stereocenters. The van der Waals surface area contributed by atoms with Crippen LogP contribution in [-0.2, 0) is 0 Å². The molecule has 2 aromatic rings. The van der Waals surface area contributed by atoms with Crippen molar-refractivity contribution in [3.05, 3.63) is 36.2 Å². The van der Waals surface area contributed by atoms with Crippen molar-refractivity contribution in [1.82, 2.24) is 9.61 Å². The molecule has 60 valence electrons. The standard InChI is InChI=1S/C8H7N3O/c12-10-5-7-4-8-2-1-3-9-11(8)6-7/h1-6,12H/b10-5-. The third-order valence-electron chi connectivity index (χ3n) is 1.60. The molecule has 0 amide bonds. The lowest BCUT2D eigenvalue weighted by molar-refractivity contribution is 0.322. The zero-order valence-electron chi connectivity index (χ0n) is 6.25. The van der Waals surface area contributed by atoms with Gasteiger partial charge in [0.1, 0.15) is 0 Å². The van der Waals surface area contributed by atoms with E-state index >= 15 is 0 Å². The van der Waals surface area contributed by atoms with Crippen LogP contribution in [0.4, 0.5) is 0 Å². The van der Waals surface area contributed by atoms with Gasteiger partial charge >= 0.3 is 0 Å². The maximum absolute atomic E-state index is 8.28. The Labute approximate surface area is 68.7 Å². The minimum Gasteiger partial charge on any atom is -0.411 e. The Morgan fingerprint density at radius 2 is 2.50 bits per heavy atom. The van der Waals surface area contributed by atoms with E-state index in [2.05, 4.69) is 10.3 Å². The molecule has 0 saturated heterocycles. The summed E-state index contributed by atoms with van der Waals surface area (Å²) >= 11 is 0. The van der Waals surface area contributed by atoms with Gasteiger partial charge in [0.05, 0.1) is 11.7 Å². The quantitative estimate of drug-likeness (QED) is 0.387. The zero-order valence-corrected chi connectivity index (χ0v) is 6.25. The summed E-state index contributed by atoms with van der Waals surface area (Å²) in [5.74, 6) is 0. The predicted octanol–water partition coefficient (Wildman–Crippen LogP) is 1.14. The van der Waals surface area contributed by atoms with Crippen LogP contribution in [0.15, 0.2) is 35.7 Å². The highest BCUT2D eigenvalue weighted by Crippen LogP contribution is 2.05. The molecular weight excluding hydrogens is 154 g/mol. The fraction of sp³-hybridized carbons (Fsp3) is 0. The van der Waals surface area contributed by atoms with Gasteiger partial charge in [-0.1, -0.05) is 5.16 Å². The molecule has 0 saturated carbocycles. The summed E-state index contributed by atoms with van der Waals surface area (Å²) < 4.78 is 1.72. The van der Waals surface area contributed by atoms with Crippen molar-refractivity contribution in [2.24, 2.45) is 5.16 Å². The highest BCUT2D eigenvalue weighted by atomic mass is 16.4. The van der Waals surface area contributed by atoms with Crippen molar-refractivity contribution in [3.63, 3.8) is 0 Å². The zero-order chi connectivity index (χ0) is 8.39. The molecule has 0 spiro atoms. The summed E-state index contributed by atoms with van der Waals surface area (Å²) in [7, 11) is 0. The fourth-order valence-corrected chi connectivity index (χ4v) is 1.10. The van der Waals surface area contributed by atoms with E-state index in [-0.39, 0.29) is 0 Å². The van der Waals surface area contributed by atoms with E-state index in [1.807, 2.05) is 18.2 Å². The molecule has 0 aliphatic rings. The third-order valence-corrected chi connectivity index (χ3v) is 1.60. The number of hydrogen-bond donors (Lipinski definition) is 1. The second-order valence-corrected chi connectivity index (χ2v) is 2.41. The molecule has 4 nitrogen and oxygen atoms in total. The van der Waals surface area contributed by atoms with Gasteiger partial charge in [-0.25, -0.2) is 4.52 Å². The lowest BCUT2D eigenvalue weighted by atomic mass is 10.3. The van der Waals surface area contributed by atoms with Gasteiger partial charge in [0, 0.05) is 18.0 Å². The van der Waals surface area contributed by atoms with Crippen molar-refractivity contribution in [2.45, 2.75) is 0 Å². The van der Waals surface area contributed by atoms with Crippen LogP contribution >= 0.6 is 0 Å². The summed E-state index contributed by atoms with van der Waals surface area (Å²) in [4.78, 5) is 0. The predicted molar refractivity (Wildman–Crippen MR) is 44.6 cm³/mol. The second kappa shape index (κ2) is 2.65. The van der Waals surface area contributed by atoms with Crippen molar-refractivity contribution < 1.29 is 5.21 Å². The van der Waals surface area contributed by atoms with Crippen LogP contribution in [0.2, 0.25) is 0 Å². The van der Waals surface area contributed by atoms with Gasteiger partial charge in [0.2, 0.25) is 0 Å². The molecular formula is C8H7N3O. The number of fused-ring (bicyclic) bond motifs is 1. The lowest BCUT2D eigenvalue weighted by Gasteiger charge is -1.87. The Kier molecular flexibility index (Phi) is 1.51. The number of rotatable bonds is 1. The van der Waals surface area contributed by atoms with Crippen molar-refractivity contribution in [2.75, 3.05) is 0 Å². The molecule has 2 heterocycles. The van der Waals surface area contributed by atoms with Crippen LogP contribution in [0.3, 0.4) is 0 Å². The van der Waals surface area contributed by atoms with E-state index in [0.717, 1.165) is 11.1 Å². The first kappa shape index (κ1) is 6.84. The van der Waals surface area contributed by atoms with Gasteiger partial charge < -0.3 is 5.21 Å². The minimum atomic E-state index is 0.830. The van der Waals surface area contributed by atoms with E-state index < -0.39 is 0 Å². The molecule has 1 N–H and O–H groups in total. The van der Waals surface area contributed by atoms with Crippen LogP contribution < -0.4 is 0 Å². The summed E-state index contributed by atoms with van der Waals surface area (Å²) in [6.07, 6.45) is 4.86. The van der Waals surface area contributed by atoms with Gasteiger partial charge in [-0.3, -0.25) is 0 Å². The second-order valence-electron chi connectivity index (χ2n) is 2.41. The lowest BCUT2D eigenvalue weighted by Crippen LogP contribution is -1.85. The first-order valence-electron chi connectivity index (χ1n) is 3.51. The van der Waals surface area contributed by atoms with E-state index in [4.69, 9.17) is 5.21 Å². The van der Waals surface area contributed by atoms with Crippen molar-refractivity contribution in [1.29, 1.82) is 0 Å². The molecule has 2 aromatic heterocycles. The van der Waals surface area contributed by atoms with Crippen molar-refractivity contribution in [3.8, 4) is 0 Å². The summed E-state index contributed by atoms with van der Waals surface area (Å²) in [5, 5.41) is 15.3. The molecule has 0 atom stereocenters. The van der Waals surface area contributed by atoms with Crippen LogP contribution in [0, 0.1) is 0 Å². The fourth-order valence-electron chi connectivity index (χ4n) is 1.10. The third kappa shape index (κ3) is 1.03. The maximum atomic E-state index is 8.28. The monoisotopic (exact) mass is 161 g/mol. The molecule has 2 rings (SSSR count). The topological polar surface area (TPSA) is 49.9 Å². The Hall–Kier alpha value is -1.84. The number of nitrogens with zero attached hydrogens (tertiary/aromatic N) is 3. The Bertz CT molecular complexity index is 386. The van der Waals surface area contributed by atoms with Gasteiger partial charge in [0.25, 0.3) is 0 Å². The molecule has 0 fully saturated rings. The first-order chi connectivity index (χ1) is 5.90.